The molecule has 0 saturated carbocycles. The maximum absolute atomic E-state index is 13.4. The molecular formula is C28H33F3N2O4. The van der Waals surface area contributed by atoms with E-state index in [9.17, 15) is 23.4 Å². The topological polar surface area (TPSA) is 75.0 Å². The van der Waals surface area contributed by atoms with Crippen LogP contribution >= 0.6 is 0 Å². The van der Waals surface area contributed by atoms with Crippen molar-refractivity contribution < 1.29 is 32.9 Å². The summed E-state index contributed by atoms with van der Waals surface area (Å²) in [5.41, 5.74) is 2.23. The van der Waals surface area contributed by atoms with Crippen molar-refractivity contribution in [3.8, 4) is 11.5 Å². The molecule has 1 saturated heterocycles. The zero-order valence-electron chi connectivity index (χ0n) is 21.1. The van der Waals surface area contributed by atoms with Crippen molar-refractivity contribution in [3.05, 3.63) is 65.1 Å². The van der Waals surface area contributed by atoms with E-state index in [-0.39, 0.29) is 24.4 Å². The van der Waals surface area contributed by atoms with E-state index in [2.05, 4.69) is 9.88 Å². The highest BCUT2D eigenvalue weighted by molar-refractivity contribution is 5.84. The Kier molecular flexibility index (Phi) is 8.56. The van der Waals surface area contributed by atoms with Gasteiger partial charge in [-0.05, 0) is 80.4 Å². The molecule has 0 aliphatic carbocycles. The zero-order chi connectivity index (χ0) is 26.6. The second kappa shape index (κ2) is 11.7. The Bertz CT molecular complexity index is 1210. The molecule has 0 spiro atoms. The van der Waals surface area contributed by atoms with Crippen molar-refractivity contribution >= 4 is 10.9 Å². The van der Waals surface area contributed by atoms with Crippen LogP contribution in [0.2, 0.25) is 0 Å². The predicted molar refractivity (Wildman–Crippen MR) is 134 cm³/mol. The van der Waals surface area contributed by atoms with E-state index in [1.54, 1.807) is 13.3 Å². The van der Waals surface area contributed by atoms with Crippen LogP contribution in [-0.2, 0) is 0 Å². The van der Waals surface area contributed by atoms with Gasteiger partial charge in [0.05, 0.1) is 18.7 Å². The number of benzene rings is 2. The number of methoxy groups -OCH3 is 1. The van der Waals surface area contributed by atoms with Gasteiger partial charge in [0, 0.05) is 36.9 Å². The number of nitrogens with zero attached hydrogens (tertiary/aromatic N) is 2. The van der Waals surface area contributed by atoms with Gasteiger partial charge in [-0.2, -0.15) is 0 Å². The van der Waals surface area contributed by atoms with Gasteiger partial charge in [0.25, 0.3) is 0 Å². The second-order valence-electron chi connectivity index (χ2n) is 9.84. The molecule has 0 radical (unpaired) electrons. The standard InChI is InChI=1S/C28H33F3N2O4/c1-18-16-32-24-4-3-19(36-2)13-21(24)26(18)25(35)5-6-28(17-34)7-9-33(10-8-28)11-12-37-20-14-22(29)27(31)23(30)15-20/h3-4,13-16,25,34-35H,5-12,17H2,1-2H3/t25-/m1/s1. The van der Waals surface area contributed by atoms with E-state index in [0.29, 0.717) is 25.1 Å². The Morgan fingerprint density at radius 2 is 1.78 bits per heavy atom. The molecule has 3 aromatic rings. The third kappa shape index (κ3) is 6.17. The van der Waals surface area contributed by atoms with E-state index in [1.165, 1.54) is 0 Å². The van der Waals surface area contributed by atoms with Gasteiger partial charge >= 0.3 is 0 Å². The number of likely N-dealkylation sites (tertiary alicyclic amines) is 1. The van der Waals surface area contributed by atoms with Gasteiger partial charge in [-0.1, -0.05) is 0 Å². The number of pyridine rings is 1. The molecule has 1 fully saturated rings. The van der Waals surface area contributed by atoms with Crippen LogP contribution in [0.4, 0.5) is 13.2 Å². The Hall–Kier alpha value is -2.88. The molecule has 4 rings (SSSR count). The number of hydrogen-bond acceptors (Lipinski definition) is 6. The number of halogens is 3. The second-order valence-corrected chi connectivity index (χ2v) is 9.84. The Balaban J connectivity index is 1.32. The van der Waals surface area contributed by atoms with Crippen LogP contribution in [0, 0.1) is 29.8 Å². The molecule has 1 atom stereocenters. The average molecular weight is 519 g/mol. The lowest BCUT2D eigenvalue weighted by Crippen LogP contribution is -2.43. The first-order valence-corrected chi connectivity index (χ1v) is 12.5. The van der Waals surface area contributed by atoms with E-state index >= 15 is 0 Å². The van der Waals surface area contributed by atoms with Gasteiger partial charge in [-0.25, -0.2) is 13.2 Å². The highest BCUT2D eigenvalue weighted by Gasteiger charge is 2.34. The van der Waals surface area contributed by atoms with E-state index < -0.39 is 23.6 Å². The lowest BCUT2D eigenvalue weighted by atomic mass is 9.74. The number of aliphatic hydroxyl groups excluding tert-OH is 2. The molecule has 1 aromatic heterocycles. The summed E-state index contributed by atoms with van der Waals surface area (Å²) in [4.78, 5) is 6.63. The largest absolute Gasteiger partial charge is 0.497 e. The molecule has 0 unspecified atom stereocenters. The summed E-state index contributed by atoms with van der Waals surface area (Å²) < 4.78 is 50.6. The van der Waals surface area contributed by atoms with E-state index in [4.69, 9.17) is 9.47 Å². The fraction of sp³-hybridized carbons (Fsp3) is 0.464. The van der Waals surface area contributed by atoms with Gasteiger partial charge in [-0.3, -0.25) is 9.88 Å². The highest BCUT2D eigenvalue weighted by Crippen LogP contribution is 2.39. The molecule has 9 heteroatoms. The summed E-state index contributed by atoms with van der Waals surface area (Å²) in [6.07, 6.45) is 3.73. The van der Waals surface area contributed by atoms with E-state index in [1.807, 2.05) is 25.1 Å². The lowest BCUT2D eigenvalue weighted by Gasteiger charge is -2.41. The average Bonchev–Trinajstić information content (AvgIpc) is 2.90. The summed E-state index contributed by atoms with van der Waals surface area (Å²) in [6, 6.07) is 7.28. The Morgan fingerprint density at radius 3 is 2.43 bits per heavy atom. The summed E-state index contributed by atoms with van der Waals surface area (Å²) in [5.74, 6) is -3.43. The fourth-order valence-corrected chi connectivity index (χ4v) is 5.09. The van der Waals surface area contributed by atoms with Crippen molar-refractivity contribution in [2.45, 2.75) is 38.7 Å². The molecule has 2 aromatic carbocycles. The number of aryl methyl sites for hydroxylation is 1. The minimum Gasteiger partial charge on any atom is -0.497 e. The molecule has 0 amide bonds. The number of fused-ring (bicyclic) bond motifs is 1. The summed E-state index contributed by atoms with van der Waals surface area (Å²) in [5, 5.41) is 22.3. The molecular weight excluding hydrogens is 485 g/mol. The minimum atomic E-state index is -1.51. The normalized spacial score (nSPS) is 16.6. The van der Waals surface area contributed by atoms with Crippen LogP contribution in [0.1, 0.15) is 42.9 Å². The zero-order valence-corrected chi connectivity index (χ0v) is 21.1. The Labute approximate surface area is 214 Å². The van der Waals surface area contributed by atoms with Crippen molar-refractivity contribution in [1.29, 1.82) is 0 Å². The van der Waals surface area contributed by atoms with Crippen LogP contribution < -0.4 is 9.47 Å². The number of rotatable bonds is 10. The van der Waals surface area contributed by atoms with Gasteiger partial charge in [0.2, 0.25) is 0 Å². The molecule has 6 nitrogen and oxygen atoms in total. The summed E-state index contributed by atoms with van der Waals surface area (Å²) in [7, 11) is 1.60. The number of piperidine rings is 1. The smallest absolute Gasteiger partial charge is 0.194 e. The monoisotopic (exact) mass is 518 g/mol. The molecule has 37 heavy (non-hydrogen) atoms. The molecule has 200 valence electrons. The fourth-order valence-electron chi connectivity index (χ4n) is 5.09. The number of aliphatic hydroxyl groups is 2. The van der Waals surface area contributed by atoms with Crippen molar-refractivity contribution in [3.63, 3.8) is 0 Å². The minimum absolute atomic E-state index is 0.0299. The number of hydrogen-bond donors (Lipinski definition) is 2. The van der Waals surface area contributed by atoms with Gasteiger partial charge in [-0.15, -0.1) is 0 Å². The summed E-state index contributed by atoms with van der Waals surface area (Å²) in [6.45, 7) is 4.15. The number of aromatic nitrogens is 1. The highest BCUT2D eigenvalue weighted by atomic mass is 19.2. The van der Waals surface area contributed by atoms with Gasteiger partial charge in [0.1, 0.15) is 18.1 Å². The molecule has 0 bridgehead atoms. The molecule has 1 aliphatic heterocycles. The maximum Gasteiger partial charge on any atom is 0.194 e. The quantitative estimate of drug-likeness (QED) is 0.371. The first-order chi connectivity index (χ1) is 17.7. The van der Waals surface area contributed by atoms with Crippen LogP contribution in [0.25, 0.3) is 10.9 Å². The van der Waals surface area contributed by atoms with Crippen molar-refractivity contribution in [1.82, 2.24) is 9.88 Å². The third-order valence-corrected chi connectivity index (χ3v) is 7.48. The van der Waals surface area contributed by atoms with Crippen molar-refractivity contribution in [2.75, 3.05) is 40.0 Å². The SMILES string of the molecule is COc1ccc2ncc(C)c([C@H](O)CCC3(CO)CCN(CCOc4cc(F)c(F)c(F)c4)CC3)c2c1. The van der Waals surface area contributed by atoms with Gasteiger partial charge < -0.3 is 19.7 Å². The van der Waals surface area contributed by atoms with Gasteiger partial charge in [0.15, 0.2) is 17.5 Å². The van der Waals surface area contributed by atoms with Crippen LogP contribution in [0.15, 0.2) is 36.5 Å². The third-order valence-electron chi connectivity index (χ3n) is 7.48. The first-order valence-electron chi connectivity index (χ1n) is 12.5. The first kappa shape index (κ1) is 27.2. The van der Waals surface area contributed by atoms with Crippen LogP contribution in [0.5, 0.6) is 11.5 Å². The molecule has 2 heterocycles. The number of ether oxygens (including phenoxy) is 2. The van der Waals surface area contributed by atoms with Crippen LogP contribution in [-0.4, -0.2) is 60.1 Å². The van der Waals surface area contributed by atoms with Crippen LogP contribution in [0.3, 0.4) is 0 Å². The predicted octanol–water partition coefficient (Wildman–Crippen LogP) is 4.94. The van der Waals surface area contributed by atoms with E-state index in [0.717, 1.165) is 60.1 Å². The van der Waals surface area contributed by atoms with Crippen molar-refractivity contribution in [2.24, 2.45) is 5.41 Å². The molecule has 2 N–H and O–H groups in total. The Morgan fingerprint density at radius 1 is 1.08 bits per heavy atom. The summed E-state index contributed by atoms with van der Waals surface area (Å²) >= 11 is 0. The molecule has 1 aliphatic rings. The maximum atomic E-state index is 13.4. The lowest BCUT2D eigenvalue weighted by molar-refractivity contribution is 0.0204.